The van der Waals surface area contributed by atoms with Crippen LogP contribution >= 0.6 is 11.8 Å². The van der Waals surface area contributed by atoms with E-state index < -0.39 is 0 Å². The molecule has 1 aromatic rings. The molecule has 0 aromatic heterocycles. The van der Waals surface area contributed by atoms with Crippen molar-refractivity contribution in [3.63, 3.8) is 0 Å². The van der Waals surface area contributed by atoms with Gasteiger partial charge < -0.3 is 15.7 Å². The highest BCUT2D eigenvalue weighted by Gasteiger charge is 2.17. The predicted octanol–water partition coefficient (Wildman–Crippen LogP) is 2.41. The van der Waals surface area contributed by atoms with Crippen molar-refractivity contribution >= 4 is 23.4 Å². The normalized spacial score (nSPS) is 15.4. The van der Waals surface area contributed by atoms with Crippen LogP contribution in [-0.4, -0.2) is 35.2 Å². The Labute approximate surface area is 125 Å². The van der Waals surface area contributed by atoms with Gasteiger partial charge in [0.2, 0.25) is 5.91 Å². The molecule has 0 aliphatic rings. The molecule has 1 aromatic carbocycles. The molecule has 0 saturated heterocycles. The molecule has 1 rings (SSSR count). The number of carbonyl (C=O) groups excluding carboxylic acids is 1. The minimum atomic E-state index is -0.0705. The van der Waals surface area contributed by atoms with Gasteiger partial charge in [-0.3, -0.25) is 4.79 Å². The molecule has 0 aliphatic heterocycles. The standard InChI is InChI=1S/C15H24N2O2S/c1-10(16-11(2)15(9-18)20-4)13-6-5-7-14(8-13)17-12(3)19/h5-8,10-11,15-16,18H,9H2,1-4H3,(H,17,19). The molecule has 0 heterocycles. The fourth-order valence-electron chi connectivity index (χ4n) is 2.12. The average molecular weight is 296 g/mol. The van der Waals surface area contributed by atoms with Crippen LogP contribution in [0.4, 0.5) is 5.69 Å². The Bertz CT molecular complexity index is 436. The molecule has 3 atom stereocenters. The number of aliphatic hydroxyl groups excluding tert-OH is 1. The van der Waals surface area contributed by atoms with Crippen LogP contribution < -0.4 is 10.6 Å². The first kappa shape index (κ1) is 17.0. The van der Waals surface area contributed by atoms with Gasteiger partial charge in [-0.1, -0.05) is 12.1 Å². The number of amides is 1. The van der Waals surface area contributed by atoms with Gasteiger partial charge in [0.15, 0.2) is 0 Å². The number of anilines is 1. The highest BCUT2D eigenvalue weighted by Crippen LogP contribution is 2.20. The number of benzene rings is 1. The summed E-state index contributed by atoms with van der Waals surface area (Å²) in [6.07, 6.45) is 2.00. The third kappa shape index (κ3) is 5.15. The van der Waals surface area contributed by atoms with Gasteiger partial charge >= 0.3 is 0 Å². The van der Waals surface area contributed by atoms with E-state index in [9.17, 15) is 9.90 Å². The second kappa shape index (κ2) is 8.29. The first-order chi connectivity index (χ1) is 9.47. The van der Waals surface area contributed by atoms with Crippen molar-refractivity contribution in [2.75, 3.05) is 18.2 Å². The van der Waals surface area contributed by atoms with Crippen LogP contribution in [0.25, 0.3) is 0 Å². The van der Waals surface area contributed by atoms with Crippen LogP contribution in [0.15, 0.2) is 24.3 Å². The summed E-state index contributed by atoms with van der Waals surface area (Å²) < 4.78 is 0. The van der Waals surface area contributed by atoms with E-state index in [4.69, 9.17) is 0 Å². The van der Waals surface area contributed by atoms with E-state index >= 15 is 0 Å². The summed E-state index contributed by atoms with van der Waals surface area (Å²) in [6.45, 7) is 5.82. The van der Waals surface area contributed by atoms with E-state index in [-0.39, 0.29) is 29.8 Å². The van der Waals surface area contributed by atoms with E-state index in [1.165, 1.54) is 6.92 Å². The summed E-state index contributed by atoms with van der Waals surface area (Å²) in [5, 5.41) is 15.8. The van der Waals surface area contributed by atoms with Gasteiger partial charge in [0.25, 0.3) is 0 Å². The largest absolute Gasteiger partial charge is 0.395 e. The maximum atomic E-state index is 11.1. The van der Waals surface area contributed by atoms with E-state index in [2.05, 4.69) is 24.5 Å². The third-order valence-corrected chi connectivity index (χ3v) is 4.42. The average Bonchev–Trinajstić information content (AvgIpc) is 2.39. The highest BCUT2D eigenvalue weighted by atomic mass is 32.2. The van der Waals surface area contributed by atoms with Crippen LogP contribution in [0, 0.1) is 0 Å². The summed E-state index contributed by atoms with van der Waals surface area (Å²) in [6, 6.07) is 8.16. The number of nitrogens with one attached hydrogen (secondary N) is 2. The maximum absolute atomic E-state index is 11.1. The van der Waals surface area contributed by atoms with Crippen molar-refractivity contribution in [2.24, 2.45) is 0 Å². The minimum absolute atomic E-state index is 0.0705. The predicted molar refractivity (Wildman–Crippen MR) is 86.1 cm³/mol. The molecule has 112 valence electrons. The van der Waals surface area contributed by atoms with Crippen molar-refractivity contribution in [2.45, 2.75) is 38.1 Å². The van der Waals surface area contributed by atoms with Gasteiger partial charge in [0.1, 0.15) is 0 Å². The van der Waals surface area contributed by atoms with Crippen LogP contribution in [0.5, 0.6) is 0 Å². The van der Waals surface area contributed by atoms with Crippen molar-refractivity contribution in [1.29, 1.82) is 0 Å². The van der Waals surface area contributed by atoms with E-state index in [0.29, 0.717) is 0 Å². The third-order valence-electron chi connectivity index (χ3n) is 3.26. The molecular formula is C15H24N2O2S. The van der Waals surface area contributed by atoms with E-state index in [1.807, 2.05) is 30.5 Å². The Morgan fingerprint density at radius 3 is 2.65 bits per heavy atom. The Morgan fingerprint density at radius 2 is 2.10 bits per heavy atom. The number of thioether (sulfide) groups is 1. The Hall–Kier alpha value is -1.04. The number of carbonyl (C=O) groups is 1. The van der Waals surface area contributed by atoms with Crippen LogP contribution in [0.2, 0.25) is 0 Å². The smallest absolute Gasteiger partial charge is 0.221 e. The molecule has 1 amide bonds. The Balaban J connectivity index is 2.71. The monoisotopic (exact) mass is 296 g/mol. The zero-order valence-electron chi connectivity index (χ0n) is 12.5. The second-order valence-electron chi connectivity index (χ2n) is 4.94. The zero-order chi connectivity index (χ0) is 15.1. The molecule has 20 heavy (non-hydrogen) atoms. The molecule has 0 radical (unpaired) electrons. The number of hydrogen-bond acceptors (Lipinski definition) is 4. The Morgan fingerprint density at radius 1 is 1.40 bits per heavy atom. The van der Waals surface area contributed by atoms with Crippen LogP contribution in [-0.2, 0) is 4.79 Å². The topological polar surface area (TPSA) is 61.4 Å². The molecule has 3 unspecified atom stereocenters. The lowest BCUT2D eigenvalue weighted by Gasteiger charge is -2.26. The molecule has 5 heteroatoms. The summed E-state index contributed by atoms with van der Waals surface area (Å²) >= 11 is 1.66. The minimum Gasteiger partial charge on any atom is -0.395 e. The zero-order valence-corrected chi connectivity index (χ0v) is 13.3. The lowest BCUT2D eigenvalue weighted by atomic mass is 10.1. The van der Waals surface area contributed by atoms with Crippen molar-refractivity contribution < 1.29 is 9.90 Å². The van der Waals surface area contributed by atoms with Gasteiger partial charge in [-0.05, 0) is 37.8 Å². The highest BCUT2D eigenvalue weighted by molar-refractivity contribution is 7.99. The number of hydrogen-bond donors (Lipinski definition) is 3. The van der Waals surface area contributed by atoms with Crippen molar-refractivity contribution in [1.82, 2.24) is 5.32 Å². The lowest BCUT2D eigenvalue weighted by Crippen LogP contribution is -2.38. The van der Waals surface area contributed by atoms with Crippen molar-refractivity contribution in [3.05, 3.63) is 29.8 Å². The maximum Gasteiger partial charge on any atom is 0.221 e. The molecule has 3 N–H and O–H groups in total. The SMILES string of the molecule is CSC(CO)C(C)NC(C)c1cccc(NC(C)=O)c1. The Kier molecular flexibility index (Phi) is 7.05. The van der Waals surface area contributed by atoms with Gasteiger partial charge in [-0.15, -0.1) is 0 Å². The molecule has 0 spiro atoms. The summed E-state index contributed by atoms with van der Waals surface area (Å²) in [7, 11) is 0. The fourth-order valence-corrected chi connectivity index (χ4v) is 2.76. The molecule has 0 aliphatic carbocycles. The van der Waals surface area contributed by atoms with Gasteiger partial charge in [0, 0.05) is 29.9 Å². The first-order valence-electron chi connectivity index (χ1n) is 6.75. The van der Waals surface area contributed by atoms with Crippen LogP contribution in [0.3, 0.4) is 0 Å². The quantitative estimate of drug-likeness (QED) is 0.723. The van der Waals surface area contributed by atoms with Gasteiger partial charge in [-0.25, -0.2) is 0 Å². The number of rotatable bonds is 7. The molecule has 4 nitrogen and oxygen atoms in total. The van der Waals surface area contributed by atoms with Gasteiger partial charge in [0.05, 0.1) is 6.61 Å². The van der Waals surface area contributed by atoms with Crippen molar-refractivity contribution in [3.8, 4) is 0 Å². The van der Waals surface area contributed by atoms with Gasteiger partial charge in [-0.2, -0.15) is 11.8 Å². The van der Waals surface area contributed by atoms with Crippen LogP contribution in [0.1, 0.15) is 32.4 Å². The fraction of sp³-hybridized carbons (Fsp3) is 0.533. The molecule has 0 bridgehead atoms. The molecule has 0 saturated carbocycles. The van der Waals surface area contributed by atoms with E-state index in [1.54, 1.807) is 11.8 Å². The molecular weight excluding hydrogens is 272 g/mol. The molecule has 0 fully saturated rings. The summed E-state index contributed by atoms with van der Waals surface area (Å²) in [5.74, 6) is -0.0705. The first-order valence-corrected chi connectivity index (χ1v) is 8.04. The van der Waals surface area contributed by atoms with E-state index in [0.717, 1.165) is 11.3 Å². The number of aliphatic hydroxyl groups is 1. The summed E-state index contributed by atoms with van der Waals surface area (Å²) in [4.78, 5) is 11.1. The summed E-state index contributed by atoms with van der Waals surface area (Å²) in [5.41, 5.74) is 1.92. The second-order valence-corrected chi connectivity index (χ2v) is 6.02. The lowest BCUT2D eigenvalue weighted by molar-refractivity contribution is -0.114.